The van der Waals surface area contributed by atoms with Gasteiger partial charge in [-0.15, -0.1) is 0 Å². The maximum atomic E-state index is 10.5. The van der Waals surface area contributed by atoms with Gasteiger partial charge in [0.2, 0.25) is 0 Å². The smallest absolute Gasteiger partial charge is 0.119 e. The lowest BCUT2D eigenvalue weighted by Gasteiger charge is -2.28. The molecule has 0 amide bonds. The second-order valence-corrected chi connectivity index (χ2v) is 7.63. The van der Waals surface area contributed by atoms with E-state index < -0.39 is 0 Å². The molecule has 0 saturated heterocycles. The summed E-state index contributed by atoms with van der Waals surface area (Å²) in [6.07, 6.45) is 3.42. The predicted molar refractivity (Wildman–Crippen MR) is 84.1 cm³/mol. The van der Waals surface area contributed by atoms with Crippen LogP contribution in [0.15, 0.2) is 12.1 Å². The summed E-state index contributed by atoms with van der Waals surface area (Å²) in [6, 6.07) is 4.26. The Bertz CT molecular complexity index is 430. The highest BCUT2D eigenvalue weighted by atomic mass is 16.3. The van der Waals surface area contributed by atoms with E-state index >= 15 is 0 Å². The molecule has 0 radical (unpaired) electrons. The molecular formula is C18H30O. The number of rotatable bonds is 3. The van der Waals surface area contributed by atoms with Crippen molar-refractivity contribution in [1.29, 1.82) is 0 Å². The molecule has 1 heteroatoms. The van der Waals surface area contributed by atoms with Crippen LogP contribution >= 0.6 is 0 Å². The molecular weight excluding hydrogens is 232 g/mol. The van der Waals surface area contributed by atoms with Gasteiger partial charge >= 0.3 is 0 Å². The summed E-state index contributed by atoms with van der Waals surface area (Å²) in [5.41, 5.74) is 3.73. The molecule has 0 aliphatic carbocycles. The third-order valence-corrected chi connectivity index (χ3v) is 3.61. The van der Waals surface area contributed by atoms with Gasteiger partial charge in [0.15, 0.2) is 0 Å². The van der Waals surface area contributed by atoms with Crippen molar-refractivity contribution >= 4 is 0 Å². The molecule has 1 N–H and O–H groups in total. The lowest BCUT2D eigenvalue weighted by Crippen LogP contribution is -2.18. The van der Waals surface area contributed by atoms with E-state index in [2.05, 4.69) is 54.5 Å². The molecule has 19 heavy (non-hydrogen) atoms. The van der Waals surface area contributed by atoms with Gasteiger partial charge in [0.1, 0.15) is 5.75 Å². The summed E-state index contributed by atoms with van der Waals surface area (Å²) in [5.74, 6) is 0.464. The SMILES string of the molecule is CCCCc1cc(C(C)(C)C)cc(O)c1C(C)(C)C. The van der Waals surface area contributed by atoms with Gasteiger partial charge in [-0.05, 0) is 40.9 Å². The van der Waals surface area contributed by atoms with Gasteiger partial charge in [0.25, 0.3) is 0 Å². The zero-order valence-electron chi connectivity index (χ0n) is 13.7. The van der Waals surface area contributed by atoms with Crippen LogP contribution in [0.4, 0.5) is 0 Å². The van der Waals surface area contributed by atoms with Gasteiger partial charge in [-0.3, -0.25) is 0 Å². The fraction of sp³-hybridized carbons (Fsp3) is 0.667. The molecule has 108 valence electrons. The molecule has 0 fully saturated rings. The molecule has 1 aromatic carbocycles. The number of phenolic OH excluding ortho intramolecular Hbond substituents is 1. The Morgan fingerprint density at radius 2 is 1.53 bits per heavy atom. The van der Waals surface area contributed by atoms with Crippen molar-refractivity contribution in [3.8, 4) is 5.75 Å². The molecule has 1 aromatic rings. The molecule has 0 heterocycles. The van der Waals surface area contributed by atoms with Crippen molar-refractivity contribution < 1.29 is 5.11 Å². The van der Waals surface area contributed by atoms with Crippen LogP contribution in [0.25, 0.3) is 0 Å². The fourth-order valence-electron chi connectivity index (χ4n) is 2.55. The number of hydrogen-bond acceptors (Lipinski definition) is 1. The second-order valence-electron chi connectivity index (χ2n) is 7.63. The van der Waals surface area contributed by atoms with E-state index in [0.717, 1.165) is 12.0 Å². The van der Waals surface area contributed by atoms with E-state index in [1.165, 1.54) is 24.0 Å². The monoisotopic (exact) mass is 262 g/mol. The van der Waals surface area contributed by atoms with E-state index in [1.807, 2.05) is 6.07 Å². The highest BCUT2D eigenvalue weighted by molar-refractivity contribution is 5.48. The van der Waals surface area contributed by atoms with E-state index in [9.17, 15) is 5.11 Å². The molecule has 0 aromatic heterocycles. The van der Waals surface area contributed by atoms with Crippen LogP contribution in [0.3, 0.4) is 0 Å². The summed E-state index contributed by atoms with van der Waals surface area (Å²) >= 11 is 0. The fourth-order valence-corrected chi connectivity index (χ4v) is 2.55. The first-order valence-electron chi connectivity index (χ1n) is 7.44. The van der Waals surface area contributed by atoms with Crippen LogP contribution in [0.1, 0.15) is 78.0 Å². The van der Waals surface area contributed by atoms with Crippen LogP contribution in [0.5, 0.6) is 5.75 Å². The third kappa shape index (κ3) is 3.99. The molecule has 0 saturated carbocycles. The summed E-state index contributed by atoms with van der Waals surface area (Å²) < 4.78 is 0. The number of phenols is 1. The lowest BCUT2D eigenvalue weighted by molar-refractivity contribution is 0.440. The predicted octanol–water partition coefficient (Wildman–Crippen LogP) is 5.33. The Labute approximate surface area is 119 Å². The molecule has 0 aliphatic heterocycles. The van der Waals surface area contributed by atoms with Crippen LogP contribution in [-0.4, -0.2) is 5.11 Å². The number of aromatic hydroxyl groups is 1. The van der Waals surface area contributed by atoms with Crippen molar-refractivity contribution in [2.45, 2.75) is 78.6 Å². The summed E-state index contributed by atoms with van der Waals surface area (Å²) in [6.45, 7) is 15.3. The van der Waals surface area contributed by atoms with Crippen molar-refractivity contribution in [3.63, 3.8) is 0 Å². The first-order chi connectivity index (χ1) is 8.57. The minimum absolute atomic E-state index is 0.0103. The lowest BCUT2D eigenvalue weighted by atomic mass is 9.77. The quantitative estimate of drug-likeness (QED) is 0.780. The van der Waals surface area contributed by atoms with Gasteiger partial charge < -0.3 is 5.11 Å². The third-order valence-electron chi connectivity index (χ3n) is 3.61. The second kappa shape index (κ2) is 5.56. The Kier molecular flexibility index (Phi) is 4.71. The number of benzene rings is 1. The van der Waals surface area contributed by atoms with Crippen molar-refractivity contribution in [2.24, 2.45) is 0 Å². The summed E-state index contributed by atoms with van der Waals surface area (Å²) in [7, 11) is 0. The normalized spacial score (nSPS) is 12.8. The largest absolute Gasteiger partial charge is 0.508 e. The van der Waals surface area contributed by atoms with Crippen molar-refractivity contribution in [2.75, 3.05) is 0 Å². The average Bonchev–Trinajstić information content (AvgIpc) is 2.22. The van der Waals surface area contributed by atoms with Gasteiger partial charge in [-0.2, -0.15) is 0 Å². The first kappa shape index (κ1) is 16.1. The van der Waals surface area contributed by atoms with Crippen molar-refractivity contribution in [3.05, 3.63) is 28.8 Å². The van der Waals surface area contributed by atoms with Crippen LogP contribution in [-0.2, 0) is 17.3 Å². The Morgan fingerprint density at radius 1 is 0.947 bits per heavy atom. The van der Waals surface area contributed by atoms with Gasteiger partial charge in [0, 0.05) is 5.56 Å². The summed E-state index contributed by atoms with van der Waals surface area (Å²) in [4.78, 5) is 0. The zero-order valence-corrected chi connectivity index (χ0v) is 13.7. The molecule has 1 nitrogen and oxygen atoms in total. The summed E-state index contributed by atoms with van der Waals surface area (Å²) in [5, 5.41) is 10.5. The molecule has 0 spiro atoms. The molecule has 0 atom stereocenters. The van der Waals surface area contributed by atoms with Gasteiger partial charge in [0.05, 0.1) is 0 Å². The van der Waals surface area contributed by atoms with E-state index in [-0.39, 0.29) is 10.8 Å². The highest BCUT2D eigenvalue weighted by Gasteiger charge is 2.25. The Hall–Kier alpha value is -0.980. The number of aryl methyl sites for hydroxylation is 1. The molecule has 0 unspecified atom stereocenters. The highest BCUT2D eigenvalue weighted by Crippen LogP contribution is 2.38. The van der Waals surface area contributed by atoms with E-state index in [0.29, 0.717) is 5.75 Å². The van der Waals surface area contributed by atoms with Crippen LogP contribution < -0.4 is 0 Å². The van der Waals surface area contributed by atoms with Gasteiger partial charge in [-0.25, -0.2) is 0 Å². The maximum absolute atomic E-state index is 10.5. The Morgan fingerprint density at radius 3 is 1.95 bits per heavy atom. The molecule has 0 bridgehead atoms. The standard InChI is InChI=1S/C18H30O/c1-8-9-10-13-11-14(17(2,3)4)12-15(19)16(13)18(5,6)7/h11-12,19H,8-10H2,1-7H3. The first-order valence-corrected chi connectivity index (χ1v) is 7.44. The average molecular weight is 262 g/mol. The number of unbranched alkanes of at least 4 members (excludes halogenated alkanes) is 1. The van der Waals surface area contributed by atoms with E-state index in [1.54, 1.807) is 0 Å². The Balaban J connectivity index is 3.39. The maximum Gasteiger partial charge on any atom is 0.119 e. The number of hydrogen-bond donors (Lipinski definition) is 1. The zero-order chi connectivity index (χ0) is 14.8. The van der Waals surface area contributed by atoms with Crippen LogP contribution in [0, 0.1) is 0 Å². The topological polar surface area (TPSA) is 20.2 Å². The minimum atomic E-state index is -0.0103. The van der Waals surface area contributed by atoms with Gasteiger partial charge in [-0.1, -0.05) is 61.0 Å². The molecule has 0 aliphatic rings. The minimum Gasteiger partial charge on any atom is -0.508 e. The molecule has 1 rings (SSSR count). The van der Waals surface area contributed by atoms with Crippen LogP contribution in [0.2, 0.25) is 0 Å². The van der Waals surface area contributed by atoms with E-state index in [4.69, 9.17) is 0 Å². The van der Waals surface area contributed by atoms with Crippen molar-refractivity contribution in [1.82, 2.24) is 0 Å².